The molecular weight excluding hydrogens is 208 g/mol. The van der Waals surface area contributed by atoms with Crippen molar-refractivity contribution in [1.29, 1.82) is 0 Å². The fraction of sp³-hybridized carbons (Fsp3) is 0.500. The third-order valence-electron chi connectivity index (χ3n) is 2.62. The summed E-state index contributed by atoms with van der Waals surface area (Å²) in [4.78, 5) is 29.3. The largest absolute Gasteiger partial charge is 0.324 e. The van der Waals surface area contributed by atoms with Gasteiger partial charge in [0.05, 0.1) is 5.92 Å². The minimum atomic E-state index is -0.375. The van der Waals surface area contributed by atoms with Crippen LogP contribution in [-0.4, -0.2) is 29.0 Å². The number of anilines is 1. The van der Waals surface area contributed by atoms with Crippen LogP contribution in [0, 0.1) is 5.92 Å². The summed E-state index contributed by atoms with van der Waals surface area (Å²) in [5, 5.41) is 5.70. The Kier molecular flexibility index (Phi) is 3.31. The van der Waals surface area contributed by atoms with Crippen molar-refractivity contribution in [2.75, 3.05) is 18.4 Å². The van der Waals surface area contributed by atoms with Gasteiger partial charge in [0.25, 0.3) is 5.56 Å². The number of rotatable bonds is 2. The van der Waals surface area contributed by atoms with E-state index >= 15 is 0 Å². The van der Waals surface area contributed by atoms with Crippen LogP contribution in [0.3, 0.4) is 0 Å². The van der Waals surface area contributed by atoms with Crippen LogP contribution in [0.25, 0.3) is 0 Å². The number of aromatic nitrogens is 2. The first-order valence-electron chi connectivity index (χ1n) is 5.32. The van der Waals surface area contributed by atoms with Gasteiger partial charge in [-0.2, -0.15) is 0 Å². The molecule has 1 saturated heterocycles. The zero-order valence-corrected chi connectivity index (χ0v) is 8.82. The highest BCUT2D eigenvalue weighted by molar-refractivity contribution is 5.91. The standard InChI is InChI=1S/C10H14N4O2/c15-9(7-2-1-3-11-6-7)14-8-10(16)13-5-4-12-8/h4-5,7,11H,1-3,6H2,(H,13,16)(H,12,14,15). The first-order chi connectivity index (χ1) is 7.77. The van der Waals surface area contributed by atoms with E-state index in [0.29, 0.717) is 6.54 Å². The highest BCUT2D eigenvalue weighted by atomic mass is 16.2. The van der Waals surface area contributed by atoms with Crippen molar-refractivity contribution in [2.24, 2.45) is 5.92 Å². The number of carbonyl (C=O) groups excluding carboxylic acids is 1. The highest BCUT2D eigenvalue weighted by Crippen LogP contribution is 2.11. The van der Waals surface area contributed by atoms with Gasteiger partial charge in [0.2, 0.25) is 5.91 Å². The van der Waals surface area contributed by atoms with Gasteiger partial charge in [0, 0.05) is 18.9 Å². The van der Waals surface area contributed by atoms with Crippen LogP contribution < -0.4 is 16.2 Å². The van der Waals surface area contributed by atoms with Crippen LogP contribution >= 0.6 is 0 Å². The molecule has 0 radical (unpaired) electrons. The number of carbonyl (C=O) groups is 1. The fourth-order valence-corrected chi connectivity index (χ4v) is 1.74. The van der Waals surface area contributed by atoms with Crippen molar-refractivity contribution in [3.05, 3.63) is 22.7 Å². The Hall–Kier alpha value is -1.69. The lowest BCUT2D eigenvalue weighted by atomic mass is 9.99. The molecule has 1 aliphatic heterocycles. The van der Waals surface area contributed by atoms with Crippen molar-refractivity contribution in [1.82, 2.24) is 15.3 Å². The molecule has 0 bridgehead atoms. The molecule has 2 heterocycles. The average molecular weight is 222 g/mol. The summed E-state index contributed by atoms with van der Waals surface area (Å²) >= 11 is 0. The van der Waals surface area contributed by atoms with Gasteiger partial charge in [-0.15, -0.1) is 0 Å². The zero-order valence-electron chi connectivity index (χ0n) is 8.82. The number of hydrogen-bond acceptors (Lipinski definition) is 4. The maximum Gasteiger partial charge on any atom is 0.291 e. The Bertz CT molecular complexity index is 423. The number of nitrogens with zero attached hydrogens (tertiary/aromatic N) is 1. The van der Waals surface area contributed by atoms with Gasteiger partial charge >= 0.3 is 0 Å². The summed E-state index contributed by atoms with van der Waals surface area (Å²) < 4.78 is 0. The lowest BCUT2D eigenvalue weighted by molar-refractivity contribution is -0.120. The van der Waals surface area contributed by atoms with E-state index in [1.165, 1.54) is 12.4 Å². The molecule has 1 aromatic heterocycles. The van der Waals surface area contributed by atoms with Crippen LogP contribution in [0.5, 0.6) is 0 Å². The van der Waals surface area contributed by atoms with Crippen LogP contribution in [0.2, 0.25) is 0 Å². The SMILES string of the molecule is O=C(Nc1ncc[nH]c1=O)C1CCCNC1. The van der Waals surface area contributed by atoms with E-state index in [4.69, 9.17) is 0 Å². The fourth-order valence-electron chi connectivity index (χ4n) is 1.74. The second-order valence-corrected chi connectivity index (χ2v) is 3.80. The number of aromatic amines is 1. The highest BCUT2D eigenvalue weighted by Gasteiger charge is 2.21. The van der Waals surface area contributed by atoms with Crippen molar-refractivity contribution in [2.45, 2.75) is 12.8 Å². The average Bonchev–Trinajstić information content (AvgIpc) is 2.33. The normalized spacial score (nSPS) is 20.4. The van der Waals surface area contributed by atoms with E-state index in [1.807, 2.05) is 0 Å². The molecule has 86 valence electrons. The molecule has 0 saturated carbocycles. The molecular formula is C10H14N4O2. The van der Waals surface area contributed by atoms with E-state index in [-0.39, 0.29) is 23.2 Å². The van der Waals surface area contributed by atoms with Gasteiger partial charge in [0.1, 0.15) is 0 Å². The molecule has 6 heteroatoms. The summed E-state index contributed by atoms with van der Waals surface area (Å²) in [5.74, 6) is -0.148. The zero-order chi connectivity index (χ0) is 11.4. The van der Waals surface area contributed by atoms with Crippen LogP contribution in [0.15, 0.2) is 17.2 Å². The molecule has 6 nitrogen and oxygen atoms in total. The van der Waals surface area contributed by atoms with Crippen molar-refractivity contribution >= 4 is 11.7 Å². The predicted octanol–water partition coefficient (Wildman–Crippen LogP) is -0.292. The number of hydrogen-bond donors (Lipinski definition) is 3. The lowest BCUT2D eigenvalue weighted by Crippen LogP contribution is -2.38. The molecule has 1 aliphatic rings. The Labute approximate surface area is 92.5 Å². The lowest BCUT2D eigenvalue weighted by Gasteiger charge is -2.21. The van der Waals surface area contributed by atoms with Gasteiger partial charge in [-0.05, 0) is 19.4 Å². The van der Waals surface area contributed by atoms with Gasteiger partial charge in [-0.25, -0.2) is 4.98 Å². The first-order valence-corrected chi connectivity index (χ1v) is 5.32. The Morgan fingerprint density at radius 2 is 2.44 bits per heavy atom. The quantitative estimate of drug-likeness (QED) is 0.641. The molecule has 1 atom stereocenters. The molecule has 3 N–H and O–H groups in total. The van der Waals surface area contributed by atoms with Crippen LogP contribution in [-0.2, 0) is 4.79 Å². The summed E-state index contributed by atoms with van der Waals surface area (Å²) in [6.45, 7) is 1.62. The number of amides is 1. The summed E-state index contributed by atoms with van der Waals surface area (Å²) in [7, 11) is 0. The first kappa shape index (κ1) is 10.8. The second-order valence-electron chi connectivity index (χ2n) is 3.80. The smallest absolute Gasteiger partial charge is 0.291 e. The van der Waals surface area contributed by atoms with Gasteiger partial charge in [0.15, 0.2) is 5.82 Å². The molecule has 0 spiro atoms. The topological polar surface area (TPSA) is 86.9 Å². The third kappa shape index (κ3) is 2.46. The Morgan fingerprint density at radius 3 is 3.12 bits per heavy atom. The van der Waals surface area contributed by atoms with Crippen molar-refractivity contribution < 1.29 is 4.79 Å². The Balaban J connectivity index is 2.01. The van der Waals surface area contributed by atoms with Gasteiger partial charge in [-0.3, -0.25) is 9.59 Å². The van der Waals surface area contributed by atoms with E-state index in [9.17, 15) is 9.59 Å². The third-order valence-corrected chi connectivity index (χ3v) is 2.62. The minimum absolute atomic E-state index is 0.0677. The molecule has 1 aromatic rings. The number of nitrogens with one attached hydrogen (secondary N) is 3. The monoisotopic (exact) mass is 222 g/mol. The summed E-state index contributed by atoms with van der Waals surface area (Å²) in [6, 6.07) is 0. The molecule has 0 aliphatic carbocycles. The van der Waals surface area contributed by atoms with Crippen LogP contribution in [0.1, 0.15) is 12.8 Å². The number of piperidine rings is 1. The van der Waals surface area contributed by atoms with E-state index in [2.05, 4.69) is 20.6 Å². The van der Waals surface area contributed by atoms with E-state index in [0.717, 1.165) is 19.4 Å². The molecule has 1 amide bonds. The van der Waals surface area contributed by atoms with Gasteiger partial charge < -0.3 is 15.6 Å². The molecule has 1 fully saturated rings. The Morgan fingerprint density at radius 1 is 1.56 bits per heavy atom. The molecule has 2 rings (SSSR count). The van der Waals surface area contributed by atoms with E-state index in [1.54, 1.807) is 0 Å². The van der Waals surface area contributed by atoms with Crippen LogP contribution in [0.4, 0.5) is 5.82 Å². The molecule has 16 heavy (non-hydrogen) atoms. The summed E-state index contributed by atoms with van der Waals surface area (Å²) in [5.41, 5.74) is -0.375. The molecule has 0 aromatic carbocycles. The van der Waals surface area contributed by atoms with Crippen molar-refractivity contribution in [3.63, 3.8) is 0 Å². The van der Waals surface area contributed by atoms with E-state index < -0.39 is 0 Å². The van der Waals surface area contributed by atoms with Gasteiger partial charge in [-0.1, -0.05) is 0 Å². The maximum atomic E-state index is 11.8. The second kappa shape index (κ2) is 4.89. The molecule has 1 unspecified atom stereocenters. The van der Waals surface area contributed by atoms with Crippen molar-refractivity contribution in [3.8, 4) is 0 Å². The predicted molar refractivity (Wildman–Crippen MR) is 59.1 cm³/mol. The maximum absolute atomic E-state index is 11.8. The number of H-pyrrole nitrogens is 1. The summed E-state index contributed by atoms with van der Waals surface area (Å²) in [6.07, 6.45) is 4.70. The minimum Gasteiger partial charge on any atom is -0.324 e.